The Morgan fingerprint density at radius 3 is 2.84 bits per heavy atom. The minimum absolute atomic E-state index is 0.108. The van der Waals surface area contributed by atoms with E-state index >= 15 is 0 Å². The summed E-state index contributed by atoms with van der Waals surface area (Å²) in [5.74, 6) is 0. The van der Waals surface area contributed by atoms with Gasteiger partial charge in [0.05, 0.1) is 17.3 Å². The second-order valence-electron chi connectivity index (χ2n) is 4.43. The molecule has 0 saturated heterocycles. The maximum absolute atomic E-state index is 6.16. The molecule has 3 nitrogen and oxygen atoms in total. The number of nitrogens with one attached hydrogen (secondary N) is 1. The van der Waals surface area contributed by atoms with Crippen molar-refractivity contribution in [1.29, 1.82) is 0 Å². The van der Waals surface area contributed by atoms with Crippen molar-refractivity contribution in [2.45, 2.75) is 25.9 Å². The minimum atomic E-state index is 0.108. The average Bonchev–Trinajstić information content (AvgIpc) is 2.83. The number of rotatable bonds is 5. The average molecular weight is 343 g/mol. The molecular weight excluding hydrogens is 326 g/mol. The molecule has 2 rings (SSSR count). The first-order valence-corrected chi connectivity index (χ1v) is 7.47. The molecule has 0 spiro atoms. The molecule has 1 unspecified atom stereocenters. The zero-order valence-corrected chi connectivity index (χ0v) is 13.4. The van der Waals surface area contributed by atoms with E-state index < -0.39 is 0 Å². The summed E-state index contributed by atoms with van der Waals surface area (Å²) in [4.78, 5) is 0. The lowest BCUT2D eigenvalue weighted by Crippen LogP contribution is -2.17. The van der Waals surface area contributed by atoms with Crippen LogP contribution in [0.4, 0.5) is 0 Å². The highest BCUT2D eigenvalue weighted by molar-refractivity contribution is 9.10. The van der Waals surface area contributed by atoms with Gasteiger partial charge >= 0.3 is 0 Å². The van der Waals surface area contributed by atoms with Gasteiger partial charge in [0.15, 0.2) is 0 Å². The Bertz CT molecular complexity index is 553. The summed E-state index contributed by atoms with van der Waals surface area (Å²) in [6, 6.07) is 6.12. The van der Waals surface area contributed by atoms with Crippen molar-refractivity contribution in [3.05, 3.63) is 51.2 Å². The van der Waals surface area contributed by atoms with Crippen molar-refractivity contribution < 1.29 is 0 Å². The Balaban J connectivity index is 2.29. The summed E-state index contributed by atoms with van der Waals surface area (Å²) in [5, 5.41) is 8.41. The second-order valence-corrected chi connectivity index (χ2v) is 5.69. The van der Waals surface area contributed by atoms with Gasteiger partial charge in [0, 0.05) is 22.8 Å². The maximum atomic E-state index is 6.16. The van der Waals surface area contributed by atoms with Gasteiger partial charge in [-0.25, -0.2) is 0 Å². The van der Waals surface area contributed by atoms with Gasteiger partial charge in [-0.1, -0.05) is 24.6 Å². The Morgan fingerprint density at radius 1 is 1.42 bits per heavy atom. The standard InChI is InChI=1S/C14H17BrClN3/c1-3-6-19-9-11(8-18-19)14(17-2)10-4-5-12(15)13(16)7-10/h4-5,7-9,14,17H,3,6H2,1-2H3. The molecule has 0 aliphatic rings. The quantitative estimate of drug-likeness (QED) is 0.889. The third-order valence-corrected chi connectivity index (χ3v) is 4.24. The highest BCUT2D eigenvalue weighted by Gasteiger charge is 2.15. The molecule has 0 radical (unpaired) electrons. The molecule has 0 aliphatic carbocycles. The number of hydrogen-bond donors (Lipinski definition) is 1. The Morgan fingerprint density at radius 2 is 2.21 bits per heavy atom. The first-order valence-electron chi connectivity index (χ1n) is 6.30. The van der Waals surface area contributed by atoms with E-state index in [4.69, 9.17) is 11.6 Å². The van der Waals surface area contributed by atoms with Crippen molar-refractivity contribution in [3.8, 4) is 0 Å². The number of aryl methyl sites for hydroxylation is 1. The van der Waals surface area contributed by atoms with Crippen LogP contribution in [-0.2, 0) is 6.54 Å². The van der Waals surface area contributed by atoms with E-state index in [9.17, 15) is 0 Å². The highest BCUT2D eigenvalue weighted by atomic mass is 79.9. The van der Waals surface area contributed by atoms with E-state index in [1.807, 2.05) is 30.1 Å². The summed E-state index contributed by atoms with van der Waals surface area (Å²) in [5.41, 5.74) is 2.28. The second kappa shape index (κ2) is 6.55. The van der Waals surface area contributed by atoms with E-state index in [1.54, 1.807) is 0 Å². The summed E-state index contributed by atoms with van der Waals surface area (Å²) in [6.45, 7) is 3.09. The van der Waals surface area contributed by atoms with E-state index in [-0.39, 0.29) is 6.04 Å². The van der Waals surface area contributed by atoms with Gasteiger partial charge < -0.3 is 5.32 Å². The van der Waals surface area contributed by atoms with Gasteiger partial charge in [0.1, 0.15) is 0 Å². The first-order chi connectivity index (χ1) is 9.15. The predicted octanol–water partition coefficient (Wildman–Crippen LogP) is 4.02. The van der Waals surface area contributed by atoms with E-state index in [2.05, 4.69) is 45.5 Å². The number of nitrogens with zero attached hydrogens (tertiary/aromatic N) is 2. The molecule has 2 aromatic rings. The lowest BCUT2D eigenvalue weighted by Gasteiger charge is -2.15. The molecule has 19 heavy (non-hydrogen) atoms. The van der Waals surface area contributed by atoms with Crippen LogP contribution in [0.1, 0.15) is 30.5 Å². The highest BCUT2D eigenvalue weighted by Crippen LogP contribution is 2.28. The van der Waals surface area contributed by atoms with Crippen LogP contribution in [0.5, 0.6) is 0 Å². The number of halogens is 2. The fourth-order valence-electron chi connectivity index (χ4n) is 2.10. The van der Waals surface area contributed by atoms with Gasteiger partial charge in [-0.3, -0.25) is 4.68 Å². The van der Waals surface area contributed by atoms with Crippen LogP contribution in [0.25, 0.3) is 0 Å². The smallest absolute Gasteiger partial charge is 0.0606 e. The first kappa shape index (κ1) is 14.6. The fraction of sp³-hybridized carbons (Fsp3) is 0.357. The normalized spacial score (nSPS) is 12.6. The van der Waals surface area contributed by atoms with Crippen LogP contribution in [0.15, 0.2) is 35.1 Å². The van der Waals surface area contributed by atoms with Crippen LogP contribution in [0.3, 0.4) is 0 Å². The van der Waals surface area contributed by atoms with Crippen molar-refractivity contribution >= 4 is 27.5 Å². The number of benzene rings is 1. The molecule has 0 fully saturated rings. The third-order valence-electron chi connectivity index (χ3n) is 3.00. The molecule has 102 valence electrons. The molecule has 1 aromatic carbocycles. The van der Waals surface area contributed by atoms with E-state index in [0.717, 1.165) is 33.6 Å². The molecule has 0 bridgehead atoms. The summed E-state index contributed by atoms with van der Waals surface area (Å²) in [7, 11) is 1.94. The molecule has 0 saturated carbocycles. The van der Waals surface area contributed by atoms with E-state index in [0.29, 0.717) is 0 Å². The van der Waals surface area contributed by atoms with Gasteiger partial charge in [0.25, 0.3) is 0 Å². The van der Waals surface area contributed by atoms with Crippen LogP contribution in [-0.4, -0.2) is 16.8 Å². The summed E-state index contributed by atoms with van der Waals surface area (Å²) >= 11 is 9.57. The Labute approximate surface area is 127 Å². The van der Waals surface area contributed by atoms with Crippen LogP contribution in [0.2, 0.25) is 5.02 Å². The molecule has 0 amide bonds. The Hall–Kier alpha value is -0.840. The van der Waals surface area contributed by atoms with Crippen molar-refractivity contribution in [3.63, 3.8) is 0 Å². The predicted molar refractivity (Wildman–Crippen MR) is 82.6 cm³/mol. The topological polar surface area (TPSA) is 29.9 Å². The lowest BCUT2D eigenvalue weighted by atomic mass is 10.0. The molecule has 5 heteroatoms. The van der Waals surface area contributed by atoms with Gasteiger partial charge in [-0.15, -0.1) is 0 Å². The Kier molecular flexibility index (Phi) is 5.02. The minimum Gasteiger partial charge on any atom is -0.309 e. The molecule has 0 aliphatic heterocycles. The van der Waals surface area contributed by atoms with Crippen molar-refractivity contribution in [2.75, 3.05) is 7.05 Å². The summed E-state index contributed by atoms with van der Waals surface area (Å²) < 4.78 is 2.88. The molecule has 1 N–H and O–H groups in total. The zero-order valence-electron chi connectivity index (χ0n) is 11.0. The maximum Gasteiger partial charge on any atom is 0.0606 e. The molecule has 1 heterocycles. The number of aromatic nitrogens is 2. The largest absolute Gasteiger partial charge is 0.309 e. The van der Waals surface area contributed by atoms with Crippen LogP contribution in [0, 0.1) is 0 Å². The zero-order chi connectivity index (χ0) is 13.8. The van der Waals surface area contributed by atoms with Crippen LogP contribution < -0.4 is 5.32 Å². The van der Waals surface area contributed by atoms with Gasteiger partial charge in [-0.05, 0) is 47.1 Å². The van der Waals surface area contributed by atoms with Gasteiger partial charge in [0.2, 0.25) is 0 Å². The molecular formula is C14H17BrClN3. The molecule has 1 atom stereocenters. The lowest BCUT2D eigenvalue weighted by molar-refractivity contribution is 0.600. The summed E-state index contributed by atoms with van der Waals surface area (Å²) in [6.07, 6.45) is 5.07. The fourth-order valence-corrected chi connectivity index (χ4v) is 2.53. The van der Waals surface area contributed by atoms with Crippen molar-refractivity contribution in [1.82, 2.24) is 15.1 Å². The number of hydrogen-bond acceptors (Lipinski definition) is 2. The van der Waals surface area contributed by atoms with Gasteiger partial charge in [-0.2, -0.15) is 5.10 Å². The SMILES string of the molecule is CCCn1cc(C(NC)c2ccc(Br)c(Cl)c2)cn1. The van der Waals surface area contributed by atoms with E-state index in [1.165, 1.54) is 0 Å². The third kappa shape index (κ3) is 3.38. The molecule has 1 aromatic heterocycles. The monoisotopic (exact) mass is 341 g/mol. The van der Waals surface area contributed by atoms with Crippen LogP contribution >= 0.6 is 27.5 Å². The van der Waals surface area contributed by atoms with Crippen molar-refractivity contribution in [2.24, 2.45) is 0 Å².